The lowest BCUT2D eigenvalue weighted by Gasteiger charge is -2.18. The van der Waals surface area contributed by atoms with Crippen LogP contribution in [0.25, 0.3) is 10.2 Å². The Morgan fingerprint density at radius 1 is 1.43 bits per heavy atom. The molecule has 1 aromatic heterocycles. The minimum Gasteiger partial charge on any atom is -0.297 e. The maximum Gasteiger partial charge on any atom is 0.273 e. The monoisotopic (exact) mass is 322 g/mol. The number of hydrogen-bond acceptors (Lipinski definition) is 5. The first-order chi connectivity index (χ1) is 10.0. The van der Waals surface area contributed by atoms with Crippen molar-refractivity contribution in [1.29, 1.82) is 0 Å². The number of carbonyl (C=O) groups is 2. The molecule has 21 heavy (non-hydrogen) atoms. The van der Waals surface area contributed by atoms with Crippen LogP contribution >= 0.6 is 22.9 Å². The van der Waals surface area contributed by atoms with Gasteiger partial charge in [0.1, 0.15) is 5.71 Å². The van der Waals surface area contributed by atoms with E-state index in [4.69, 9.17) is 11.6 Å². The van der Waals surface area contributed by atoms with Gasteiger partial charge in [-0.3, -0.25) is 14.9 Å². The number of halogens is 1. The number of rotatable bonds is 2. The molecule has 3 rings (SSSR count). The molecule has 6 nitrogen and oxygen atoms in total. The second-order valence-corrected chi connectivity index (χ2v) is 6.02. The summed E-state index contributed by atoms with van der Waals surface area (Å²) in [6, 6.07) is 5.38. The van der Waals surface area contributed by atoms with E-state index < -0.39 is 0 Å². The van der Waals surface area contributed by atoms with Gasteiger partial charge in [-0.15, -0.1) is 0 Å². The van der Waals surface area contributed by atoms with Gasteiger partial charge in [-0.25, -0.2) is 9.99 Å². The van der Waals surface area contributed by atoms with Gasteiger partial charge in [-0.2, -0.15) is 5.10 Å². The molecule has 1 aliphatic heterocycles. The van der Waals surface area contributed by atoms with Crippen LogP contribution in [-0.2, 0) is 9.59 Å². The third kappa shape index (κ3) is 2.88. The Balaban J connectivity index is 1.80. The standard InChI is InChI=1S/C13H11ClN4O2S/c1-18-11(19)5-3-8(17-18)12(20)16-13-15-9-6-7(14)2-4-10(9)21-13/h2,4,6H,3,5H2,1H3,(H,15,16,20). The largest absolute Gasteiger partial charge is 0.297 e. The van der Waals surface area contributed by atoms with E-state index in [9.17, 15) is 9.59 Å². The summed E-state index contributed by atoms with van der Waals surface area (Å²) in [6.45, 7) is 0. The quantitative estimate of drug-likeness (QED) is 0.923. The molecule has 2 aromatic rings. The lowest BCUT2D eigenvalue weighted by atomic mass is 10.1. The van der Waals surface area contributed by atoms with Crippen molar-refractivity contribution in [3.63, 3.8) is 0 Å². The number of carbonyl (C=O) groups excluding carboxylic acids is 2. The number of benzene rings is 1. The van der Waals surface area contributed by atoms with Gasteiger partial charge < -0.3 is 0 Å². The number of nitrogens with one attached hydrogen (secondary N) is 1. The van der Waals surface area contributed by atoms with Crippen molar-refractivity contribution >= 4 is 55.8 Å². The van der Waals surface area contributed by atoms with Crippen molar-refractivity contribution in [3.05, 3.63) is 23.2 Å². The fourth-order valence-electron chi connectivity index (χ4n) is 1.96. The second kappa shape index (κ2) is 5.42. The summed E-state index contributed by atoms with van der Waals surface area (Å²) in [5.41, 5.74) is 1.06. The predicted molar refractivity (Wildman–Crippen MR) is 82.7 cm³/mol. The van der Waals surface area contributed by atoms with E-state index in [0.717, 1.165) is 10.2 Å². The van der Waals surface area contributed by atoms with Gasteiger partial charge in [-0.1, -0.05) is 22.9 Å². The van der Waals surface area contributed by atoms with Gasteiger partial charge >= 0.3 is 0 Å². The van der Waals surface area contributed by atoms with Crippen molar-refractivity contribution in [3.8, 4) is 0 Å². The first-order valence-corrected chi connectivity index (χ1v) is 7.44. The molecule has 0 saturated carbocycles. The van der Waals surface area contributed by atoms with Gasteiger partial charge in [0.05, 0.1) is 10.2 Å². The average Bonchev–Trinajstić information content (AvgIpc) is 2.83. The fourth-order valence-corrected chi connectivity index (χ4v) is 2.96. The van der Waals surface area contributed by atoms with Crippen molar-refractivity contribution in [2.24, 2.45) is 5.10 Å². The zero-order valence-electron chi connectivity index (χ0n) is 11.1. The van der Waals surface area contributed by atoms with Crippen molar-refractivity contribution in [2.75, 3.05) is 12.4 Å². The normalized spacial score (nSPS) is 15.2. The van der Waals surface area contributed by atoms with Crippen LogP contribution in [0.4, 0.5) is 5.13 Å². The predicted octanol–water partition coefficient (Wildman–Crippen LogP) is 2.50. The molecule has 8 heteroatoms. The molecule has 2 amide bonds. The lowest BCUT2D eigenvalue weighted by Crippen LogP contribution is -2.34. The van der Waals surface area contributed by atoms with Crippen LogP contribution in [0.5, 0.6) is 0 Å². The summed E-state index contributed by atoms with van der Waals surface area (Å²) in [6.07, 6.45) is 0.629. The molecule has 1 aromatic carbocycles. The number of amides is 2. The SMILES string of the molecule is CN1N=C(C(=O)Nc2nc3cc(Cl)ccc3s2)CCC1=O. The molecular weight excluding hydrogens is 312 g/mol. The van der Waals surface area contributed by atoms with E-state index in [0.29, 0.717) is 22.3 Å². The van der Waals surface area contributed by atoms with E-state index in [-0.39, 0.29) is 18.2 Å². The zero-order valence-corrected chi connectivity index (χ0v) is 12.7. The molecule has 108 valence electrons. The number of fused-ring (bicyclic) bond motifs is 1. The van der Waals surface area contributed by atoms with Gasteiger partial charge in [0, 0.05) is 24.9 Å². The first-order valence-electron chi connectivity index (χ1n) is 6.24. The number of anilines is 1. The fraction of sp³-hybridized carbons (Fsp3) is 0.231. The van der Waals surface area contributed by atoms with Crippen LogP contribution < -0.4 is 5.32 Å². The molecule has 0 aliphatic carbocycles. The summed E-state index contributed by atoms with van der Waals surface area (Å²) in [5, 5.41) is 8.96. The van der Waals surface area contributed by atoms with Crippen molar-refractivity contribution < 1.29 is 9.59 Å². The molecule has 0 saturated heterocycles. The Hall–Kier alpha value is -1.99. The molecule has 0 atom stereocenters. The molecule has 0 spiro atoms. The van der Waals surface area contributed by atoms with Crippen LogP contribution in [0.2, 0.25) is 5.02 Å². The van der Waals surface area contributed by atoms with Crippen LogP contribution in [0.1, 0.15) is 12.8 Å². The van der Waals surface area contributed by atoms with Crippen LogP contribution in [0.15, 0.2) is 23.3 Å². The average molecular weight is 323 g/mol. The highest BCUT2D eigenvalue weighted by molar-refractivity contribution is 7.22. The van der Waals surface area contributed by atoms with Gasteiger partial charge in [0.2, 0.25) is 5.91 Å². The van der Waals surface area contributed by atoms with Gasteiger partial charge in [0.15, 0.2) is 5.13 Å². The maximum atomic E-state index is 12.1. The molecule has 0 bridgehead atoms. The number of hydrogen-bond donors (Lipinski definition) is 1. The smallest absolute Gasteiger partial charge is 0.273 e. The van der Waals surface area contributed by atoms with E-state index in [1.165, 1.54) is 23.4 Å². The lowest BCUT2D eigenvalue weighted by molar-refractivity contribution is -0.130. The van der Waals surface area contributed by atoms with E-state index >= 15 is 0 Å². The summed E-state index contributed by atoms with van der Waals surface area (Å²) < 4.78 is 0.938. The third-order valence-electron chi connectivity index (χ3n) is 3.04. The van der Waals surface area contributed by atoms with E-state index in [1.807, 2.05) is 6.07 Å². The Morgan fingerprint density at radius 2 is 2.24 bits per heavy atom. The van der Waals surface area contributed by atoms with E-state index in [2.05, 4.69) is 15.4 Å². The first kappa shape index (κ1) is 14.0. The minimum atomic E-state index is -0.334. The minimum absolute atomic E-state index is 0.0961. The number of hydrazone groups is 1. The topological polar surface area (TPSA) is 74.7 Å². The highest BCUT2D eigenvalue weighted by Crippen LogP contribution is 2.28. The molecule has 0 unspecified atom stereocenters. The third-order valence-corrected chi connectivity index (χ3v) is 4.23. The molecule has 1 N–H and O–H groups in total. The molecule has 0 fully saturated rings. The molecule has 2 heterocycles. The highest BCUT2D eigenvalue weighted by Gasteiger charge is 2.22. The zero-order chi connectivity index (χ0) is 15.0. The highest BCUT2D eigenvalue weighted by atomic mass is 35.5. The summed E-state index contributed by atoms with van der Waals surface area (Å²) in [5.74, 6) is -0.430. The van der Waals surface area contributed by atoms with Crippen molar-refractivity contribution in [2.45, 2.75) is 12.8 Å². The maximum absolute atomic E-state index is 12.1. The summed E-state index contributed by atoms with van der Waals surface area (Å²) >= 11 is 7.27. The molecule has 1 aliphatic rings. The number of nitrogens with zero attached hydrogens (tertiary/aromatic N) is 3. The van der Waals surface area contributed by atoms with Gasteiger partial charge in [-0.05, 0) is 18.2 Å². The molecule has 0 radical (unpaired) electrons. The van der Waals surface area contributed by atoms with Crippen LogP contribution in [0.3, 0.4) is 0 Å². The number of thiazole rings is 1. The summed E-state index contributed by atoms with van der Waals surface area (Å²) in [7, 11) is 1.54. The van der Waals surface area contributed by atoms with Crippen molar-refractivity contribution in [1.82, 2.24) is 9.99 Å². The van der Waals surface area contributed by atoms with Crippen LogP contribution in [-0.4, -0.2) is 34.6 Å². The van der Waals surface area contributed by atoms with Gasteiger partial charge in [0.25, 0.3) is 5.91 Å². The Morgan fingerprint density at radius 3 is 3.00 bits per heavy atom. The summed E-state index contributed by atoms with van der Waals surface area (Å²) in [4.78, 5) is 27.8. The number of aromatic nitrogens is 1. The Bertz CT molecular complexity index is 771. The molecular formula is C13H11ClN4O2S. The second-order valence-electron chi connectivity index (χ2n) is 4.55. The van der Waals surface area contributed by atoms with E-state index in [1.54, 1.807) is 12.1 Å². The van der Waals surface area contributed by atoms with Crippen LogP contribution in [0, 0.1) is 0 Å². The Kier molecular flexibility index (Phi) is 3.60. The Labute approximate surface area is 129 Å².